The predicted octanol–water partition coefficient (Wildman–Crippen LogP) is 2.49. The molecule has 1 unspecified atom stereocenters. The Balaban J connectivity index is 2.13. The lowest BCUT2D eigenvalue weighted by atomic mass is 10.2. The highest BCUT2D eigenvalue weighted by Crippen LogP contribution is 2.13. The third kappa shape index (κ3) is 2.73. The summed E-state index contributed by atoms with van der Waals surface area (Å²) in [6.45, 7) is 2.45. The molecule has 1 atom stereocenters. The maximum Gasteiger partial charge on any atom is 0.159 e. The van der Waals surface area contributed by atoms with Gasteiger partial charge < -0.3 is 5.32 Å². The Morgan fingerprint density at radius 3 is 2.78 bits per heavy atom. The van der Waals surface area contributed by atoms with Gasteiger partial charge in [0.2, 0.25) is 0 Å². The number of rotatable bonds is 4. The number of nitrogens with one attached hydrogen (secondary N) is 1. The van der Waals surface area contributed by atoms with E-state index in [1.165, 1.54) is 6.07 Å². The van der Waals surface area contributed by atoms with E-state index in [4.69, 9.17) is 0 Å². The second-order valence-corrected chi connectivity index (χ2v) is 4.23. The molecular formula is C13H15F2N3. The second kappa shape index (κ2) is 5.27. The third-order valence-corrected chi connectivity index (χ3v) is 2.91. The number of halogens is 2. The Morgan fingerprint density at radius 2 is 2.11 bits per heavy atom. The van der Waals surface area contributed by atoms with Crippen molar-refractivity contribution in [3.05, 3.63) is 53.4 Å². The molecule has 0 saturated carbocycles. The van der Waals surface area contributed by atoms with Gasteiger partial charge in [0.05, 0.1) is 12.7 Å². The first-order valence-electron chi connectivity index (χ1n) is 5.73. The summed E-state index contributed by atoms with van der Waals surface area (Å²) in [5.41, 5.74) is 1.74. The highest BCUT2D eigenvalue weighted by molar-refractivity contribution is 5.18. The standard InChI is InChI=1S/C13H15F2N3/c1-9(16-2)11-6-17-18(8-11)7-10-3-4-12(14)13(15)5-10/h3-6,8-9,16H,7H2,1-2H3. The molecule has 0 amide bonds. The van der Waals surface area contributed by atoms with E-state index in [-0.39, 0.29) is 6.04 Å². The van der Waals surface area contributed by atoms with E-state index in [0.29, 0.717) is 12.1 Å². The van der Waals surface area contributed by atoms with Crippen molar-refractivity contribution < 1.29 is 8.78 Å². The summed E-state index contributed by atoms with van der Waals surface area (Å²) in [6, 6.07) is 4.09. The van der Waals surface area contributed by atoms with E-state index < -0.39 is 11.6 Å². The summed E-state index contributed by atoms with van der Waals surface area (Å²) in [6.07, 6.45) is 3.66. The van der Waals surface area contributed by atoms with Crippen molar-refractivity contribution in [2.45, 2.75) is 19.5 Å². The van der Waals surface area contributed by atoms with Crippen molar-refractivity contribution in [3.8, 4) is 0 Å². The maximum atomic E-state index is 13.1. The molecule has 3 nitrogen and oxygen atoms in total. The molecule has 2 rings (SSSR count). The van der Waals surface area contributed by atoms with Gasteiger partial charge in [0.15, 0.2) is 11.6 Å². The van der Waals surface area contributed by atoms with Crippen LogP contribution in [0.25, 0.3) is 0 Å². The van der Waals surface area contributed by atoms with Crippen molar-refractivity contribution in [3.63, 3.8) is 0 Å². The van der Waals surface area contributed by atoms with E-state index in [2.05, 4.69) is 10.4 Å². The van der Waals surface area contributed by atoms with Gasteiger partial charge in [-0.25, -0.2) is 8.78 Å². The lowest BCUT2D eigenvalue weighted by Gasteiger charge is -2.06. The summed E-state index contributed by atoms with van der Waals surface area (Å²) < 4.78 is 27.5. The molecule has 2 aromatic rings. The zero-order chi connectivity index (χ0) is 13.1. The monoisotopic (exact) mass is 251 g/mol. The molecule has 0 aliphatic rings. The molecular weight excluding hydrogens is 236 g/mol. The minimum absolute atomic E-state index is 0.212. The van der Waals surface area contributed by atoms with Gasteiger partial charge in [-0.2, -0.15) is 5.10 Å². The van der Waals surface area contributed by atoms with Gasteiger partial charge in [-0.1, -0.05) is 6.07 Å². The van der Waals surface area contributed by atoms with Gasteiger partial charge in [0, 0.05) is 17.8 Å². The minimum Gasteiger partial charge on any atom is -0.313 e. The molecule has 5 heteroatoms. The third-order valence-electron chi connectivity index (χ3n) is 2.91. The molecule has 0 aliphatic heterocycles. The van der Waals surface area contributed by atoms with Crippen LogP contribution < -0.4 is 5.32 Å². The van der Waals surface area contributed by atoms with Crippen LogP contribution in [-0.4, -0.2) is 16.8 Å². The molecule has 1 N–H and O–H groups in total. The fourth-order valence-electron chi connectivity index (χ4n) is 1.68. The Morgan fingerprint density at radius 1 is 1.33 bits per heavy atom. The number of hydrogen-bond donors (Lipinski definition) is 1. The highest BCUT2D eigenvalue weighted by atomic mass is 19.2. The van der Waals surface area contributed by atoms with E-state index in [1.54, 1.807) is 16.9 Å². The van der Waals surface area contributed by atoms with Gasteiger partial charge in [-0.15, -0.1) is 0 Å². The fourth-order valence-corrected chi connectivity index (χ4v) is 1.68. The summed E-state index contributed by atoms with van der Waals surface area (Å²) in [7, 11) is 1.87. The van der Waals surface area contributed by atoms with E-state index >= 15 is 0 Å². The summed E-state index contributed by atoms with van der Waals surface area (Å²) in [4.78, 5) is 0. The first-order chi connectivity index (χ1) is 8.60. The molecule has 18 heavy (non-hydrogen) atoms. The molecule has 0 radical (unpaired) electrons. The lowest BCUT2D eigenvalue weighted by Crippen LogP contribution is -2.11. The first-order valence-corrected chi connectivity index (χ1v) is 5.73. The molecule has 0 spiro atoms. The summed E-state index contributed by atoms with van der Waals surface area (Å²) in [5, 5.41) is 7.31. The van der Waals surface area contributed by atoms with E-state index in [0.717, 1.165) is 11.6 Å². The Kier molecular flexibility index (Phi) is 3.72. The first kappa shape index (κ1) is 12.7. The van der Waals surface area contributed by atoms with Gasteiger partial charge in [-0.3, -0.25) is 4.68 Å². The highest BCUT2D eigenvalue weighted by Gasteiger charge is 2.07. The largest absolute Gasteiger partial charge is 0.313 e. The van der Waals surface area contributed by atoms with Crippen LogP contribution in [0.5, 0.6) is 0 Å². The molecule has 1 aromatic carbocycles. The molecule has 0 fully saturated rings. The Labute approximate surface area is 104 Å². The number of aromatic nitrogens is 2. The quantitative estimate of drug-likeness (QED) is 0.904. The van der Waals surface area contributed by atoms with Crippen molar-refractivity contribution in [2.75, 3.05) is 7.05 Å². The number of hydrogen-bond acceptors (Lipinski definition) is 2. The van der Waals surface area contributed by atoms with Crippen LogP contribution in [0.3, 0.4) is 0 Å². The van der Waals surface area contributed by atoms with Crippen LogP contribution >= 0.6 is 0 Å². The zero-order valence-corrected chi connectivity index (χ0v) is 10.3. The maximum absolute atomic E-state index is 13.1. The van der Waals surface area contributed by atoms with Gasteiger partial charge in [-0.05, 0) is 31.7 Å². The van der Waals surface area contributed by atoms with Crippen LogP contribution in [0, 0.1) is 11.6 Å². The average Bonchev–Trinajstić information content (AvgIpc) is 2.81. The average molecular weight is 251 g/mol. The van der Waals surface area contributed by atoms with Crippen molar-refractivity contribution >= 4 is 0 Å². The normalized spacial score (nSPS) is 12.7. The minimum atomic E-state index is -0.830. The molecule has 0 bridgehead atoms. The summed E-state index contributed by atoms with van der Waals surface area (Å²) in [5.74, 6) is -1.66. The van der Waals surface area contributed by atoms with Gasteiger partial charge in [0.25, 0.3) is 0 Å². The molecule has 1 heterocycles. The van der Waals surface area contributed by atoms with Gasteiger partial charge >= 0.3 is 0 Å². The van der Waals surface area contributed by atoms with Crippen molar-refractivity contribution in [1.82, 2.24) is 15.1 Å². The zero-order valence-electron chi connectivity index (χ0n) is 10.3. The molecule has 1 aromatic heterocycles. The molecule has 0 aliphatic carbocycles. The van der Waals surface area contributed by atoms with Crippen LogP contribution in [-0.2, 0) is 6.54 Å². The Hall–Kier alpha value is -1.75. The topological polar surface area (TPSA) is 29.9 Å². The lowest BCUT2D eigenvalue weighted by molar-refractivity contribution is 0.505. The summed E-state index contributed by atoms with van der Waals surface area (Å²) >= 11 is 0. The van der Waals surface area contributed by atoms with Crippen LogP contribution in [0.2, 0.25) is 0 Å². The smallest absolute Gasteiger partial charge is 0.159 e. The Bertz CT molecular complexity index is 537. The molecule has 96 valence electrons. The fraction of sp³-hybridized carbons (Fsp3) is 0.308. The number of benzene rings is 1. The van der Waals surface area contributed by atoms with E-state index in [1.807, 2.05) is 20.2 Å². The van der Waals surface area contributed by atoms with Crippen molar-refractivity contribution in [2.24, 2.45) is 0 Å². The van der Waals surface area contributed by atoms with Crippen LogP contribution in [0.4, 0.5) is 8.78 Å². The molecule has 0 saturated heterocycles. The van der Waals surface area contributed by atoms with Crippen LogP contribution in [0.15, 0.2) is 30.6 Å². The second-order valence-electron chi connectivity index (χ2n) is 4.23. The predicted molar refractivity (Wildman–Crippen MR) is 65.2 cm³/mol. The van der Waals surface area contributed by atoms with E-state index in [9.17, 15) is 8.78 Å². The number of nitrogens with zero attached hydrogens (tertiary/aromatic N) is 2. The SMILES string of the molecule is CNC(C)c1cnn(Cc2ccc(F)c(F)c2)c1. The van der Waals surface area contributed by atoms with Gasteiger partial charge in [0.1, 0.15) is 0 Å². The van der Waals surface area contributed by atoms with Crippen LogP contribution in [0.1, 0.15) is 24.1 Å². The van der Waals surface area contributed by atoms with Crippen molar-refractivity contribution in [1.29, 1.82) is 0 Å².